The second kappa shape index (κ2) is 8.01. The highest BCUT2D eigenvalue weighted by Crippen LogP contribution is 2.21. The zero-order valence-electron chi connectivity index (χ0n) is 14.8. The van der Waals surface area contributed by atoms with Gasteiger partial charge in [0.2, 0.25) is 5.91 Å². The average molecular weight is 369 g/mol. The molecule has 136 valence electrons. The van der Waals surface area contributed by atoms with Gasteiger partial charge in [-0.2, -0.15) is 0 Å². The van der Waals surface area contributed by atoms with E-state index in [0.717, 1.165) is 37.3 Å². The van der Waals surface area contributed by atoms with Crippen LogP contribution in [0.4, 0.5) is 5.13 Å². The minimum Gasteiger partial charge on any atom is -0.361 e. The van der Waals surface area contributed by atoms with Gasteiger partial charge in [-0.25, -0.2) is 4.98 Å². The number of aryl methyl sites for hydroxylation is 1. The van der Waals surface area contributed by atoms with E-state index in [2.05, 4.69) is 37.7 Å². The predicted octanol–water partition coefficient (Wildman–Crippen LogP) is 4.18. The molecule has 1 aliphatic rings. The molecular formula is C20H24N4OS. The van der Waals surface area contributed by atoms with Crippen LogP contribution < -0.4 is 5.32 Å². The van der Waals surface area contributed by atoms with E-state index in [-0.39, 0.29) is 5.91 Å². The van der Waals surface area contributed by atoms with Crippen LogP contribution >= 0.6 is 11.3 Å². The van der Waals surface area contributed by atoms with E-state index >= 15 is 0 Å². The highest BCUT2D eigenvalue weighted by molar-refractivity contribution is 7.13. The molecule has 26 heavy (non-hydrogen) atoms. The summed E-state index contributed by atoms with van der Waals surface area (Å²) in [5, 5.41) is 6.91. The van der Waals surface area contributed by atoms with Gasteiger partial charge in [-0.3, -0.25) is 9.69 Å². The number of anilines is 1. The number of aromatic nitrogens is 2. The van der Waals surface area contributed by atoms with Crippen LogP contribution in [0.1, 0.15) is 36.9 Å². The van der Waals surface area contributed by atoms with E-state index in [4.69, 9.17) is 0 Å². The Morgan fingerprint density at radius 1 is 1.23 bits per heavy atom. The topological polar surface area (TPSA) is 61.0 Å². The van der Waals surface area contributed by atoms with Crippen LogP contribution in [-0.2, 0) is 17.8 Å². The van der Waals surface area contributed by atoms with Crippen LogP contribution in [0.15, 0.2) is 35.8 Å². The number of carbonyl (C=O) groups excluding carboxylic acids is 1. The molecule has 0 spiro atoms. The first-order chi connectivity index (χ1) is 12.8. The number of hydrogen-bond acceptors (Lipinski definition) is 4. The quantitative estimate of drug-likeness (QED) is 0.686. The number of para-hydroxylation sites is 1. The Morgan fingerprint density at radius 3 is 2.96 bits per heavy atom. The Labute approximate surface area is 157 Å². The molecule has 6 heteroatoms. The number of amides is 1. The molecule has 1 fully saturated rings. The van der Waals surface area contributed by atoms with Gasteiger partial charge in [-0.1, -0.05) is 24.6 Å². The Balaban J connectivity index is 1.29. The Kier molecular flexibility index (Phi) is 5.32. The van der Waals surface area contributed by atoms with Gasteiger partial charge in [0.05, 0.1) is 5.69 Å². The molecule has 1 saturated heterocycles. The fourth-order valence-corrected chi connectivity index (χ4v) is 4.27. The van der Waals surface area contributed by atoms with E-state index in [1.807, 2.05) is 18.3 Å². The lowest BCUT2D eigenvalue weighted by atomic mass is 10.1. The summed E-state index contributed by atoms with van der Waals surface area (Å²) in [6.45, 7) is 3.20. The Hall–Kier alpha value is -2.18. The summed E-state index contributed by atoms with van der Waals surface area (Å²) >= 11 is 1.52. The van der Waals surface area contributed by atoms with Crippen molar-refractivity contribution in [1.29, 1.82) is 0 Å². The molecule has 2 N–H and O–H groups in total. The van der Waals surface area contributed by atoms with Gasteiger partial charge in [0, 0.05) is 35.4 Å². The highest BCUT2D eigenvalue weighted by Gasteiger charge is 2.13. The molecule has 0 atom stereocenters. The highest BCUT2D eigenvalue weighted by atomic mass is 32.1. The van der Waals surface area contributed by atoms with Crippen molar-refractivity contribution in [1.82, 2.24) is 14.9 Å². The van der Waals surface area contributed by atoms with Gasteiger partial charge >= 0.3 is 0 Å². The summed E-state index contributed by atoms with van der Waals surface area (Å²) in [5.41, 5.74) is 3.36. The Morgan fingerprint density at radius 2 is 2.08 bits per heavy atom. The maximum absolute atomic E-state index is 12.3. The number of hydrogen-bond donors (Lipinski definition) is 2. The largest absolute Gasteiger partial charge is 0.361 e. The number of H-pyrrole nitrogens is 1. The lowest BCUT2D eigenvalue weighted by Crippen LogP contribution is -2.29. The summed E-state index contributed by atoms with van der Waals surface area (Å²) < 4.78 is 0. The number of nitrogens with one attached hydrogen (secondary N) is 2. The third-order valence-corrected chi connectivity index (χ3v) is 5.74. The van der Waals surface area contributed by atoms with E-state index in [1.54, 1.807) is 0 Å². The van der Waals surface area contributed by atoms with E-state index in [1.165, 1.54) is 41.5 Å². The van der Waals surface area contributed by atoms with Gasteiger partial charge in [-0.05, 0) is 44.0 Å². The molecule has 3 heterocycles. The number of piperidine rings is 1. The molecule has 0 unspecified atom stereocenters. The van der Waals surface area contributed by atoms with Crippen LogP contribution in [0.3, 0.4) is 0 Å². The van der Waals surface area contributed by atoms with Crippen molar-refractivity contribution in [2.24, 2.45) is 0 Å². The first-order valence-corrected chi connectivity index (χ1v) is 10.2. The monoisotopic (exact) mass is 368 g/mol. The SMILES string of the molecule is O=C(CCc1c[nH]c2ccccc12)Nc1nc(CN2CCCCC2)cs1. The number of aromatic amines is 1. The summed E-state index contributed by atoms with van der Waals surface area (Å²) in [6, 6.07) is 8.18. The molecule has 0 radical (unpaired) electrons. The van der Waals surface area contributed by atoms with E-state index < -0.39 is 0 Å². The normalized spacial score (nSPS) is 15.4. The lowest BCUT2D eigenvalue weighted by molar-refractivity contribution is -0.116. The summed E-state index contributed by atoms with van der Waals surface area (Å²) in [5.74, 6) is 0.0224. The summed E-state index contributed by atoms with van der Waals surface area (Å²) in [6.07, 6.45) is 7.08. The van der Waals surface area contributed by atoms with Gasteiger partial charge in [-0.15, -0.1) is 11.3 Å². The molecule has 5 nitrogen and oxygen atoms in total. The molecule has 4 rings (SSSR count). The van der Waals surface area contributed by atoms with Gasteiger partial charge < -0.3 is 10.3 Å². The van der Waals surface area contributed by atoms with Gasteiger partial charge in [0.15, 0.2) is 5.13 Å². The molecule has 0 bridgehead atoms. The molecule has 3 aromatic rings. The van der Waals surface area contributed by atoms with Crippen LogP contribution in [0.25, 0.3) is 10.9 Å². The predicted molar refractivity (Wildman–Crippen MR) is 106 cm³/mol. The average Bonchev–Trinajstić information content (AvgIpc) is 3.28. The molecule has 1 amide bonds. The number of nitrogens with zero attached hydrogens (tertiary/aromatic N) is 2. The molecule has 0 saturated carbocycles. The summed E-state index contributed by atoms with van der Waals surface area (Å²) in [4.78, 5) is 22.6. The fourth-order valence-electron chi connectivity index (χ4n) is 3.55. The minimum absolute atomic E-state index is 0.0224. The number of likely N-dealkylation sites (tertiary alicyclic amines) is 1. The number of rotatable bonds is 6. The zero-order valence-corrected chi connectivity index (χ0v) is 15.6. The smallest absolute Gasteiger partial charge is 0.226 e. The summed E-state index contributed by atoms with van der Waals surface area (Å²) in [7, 11) is 0. The van der Waals surface area contributed by atoms with Crippen LogP contribution in [0, 0.1) is 0 Å². The van der Waals surface area contributed by atoms with Crippen molar-refractivity contribution in [2.45, 2.75) is 38.6 Å². The second-order valence-electron chi connectivity index (χ2n) is 6.89. The van der Waals surface area contributed by atoms with Crippen molar-refractivity contribution in [3.63, 3.8) is 0 Å². The Bertz CT molecular complexity index is 879. The third kappa shape index (κ3) is 4.14. The zero-order chi connectivity index (χ0) is 17.8. The van der Waals surface area contributed by atoms with Crippen molar-refractivity contribution in [3.05, 3.63) is 47.1 Å². The van der Waals surface area contributed by atoms with Gasteiger partial charge in [0.1, 0.15) is 0 Å². The first kappa shape index (κ1) is 17.2. The van der Waals surface area contributed by atoms with Crippen LogP contribution in [0.5, 0.6) is 0 Å². The lowest BCUT2D eigenvalue weighted by Gasteiger charge is -2.25. The second-order valence-corrected chi connectivity index (χ2v) is 7.75. The van der Waals surface area contributed by atoms with Gasteiger partial charge in [0.25, 0.3) is 0 Å². The fraction of sp³-hybridized carbons (Fsp3) is 0.400. The first-order valence-electron chi connectivity index (χ1n) is 9.29. The maximum atomic E-state index is 12.3. The van der Waals surface area contributed by atoms with Crippen molar-refractivity contribution in [3.8, 4) is 0 Å². The van der Waals surface area contributed by atoms with Crippen molar-refractivity contribution < 1.29 is 4.79 Å². The number of fused-ring (bicyclic) bond motifs is 1. The maximum Gasteiger partial charge on any atom is 0.226 e. The van der Waals surface area contributed by atoms with Crippen LogP contribution in [-0.4, -0.2) is 33.9 Å². The minimum atomic E-state index is 0.0224. The molecule has 1 aliphatic heterocycles. The molecule has 1 aromatic carbocycles. The molecule has 2 aromatic heterocycles. The van der Waals surface area contributed by atoms with Crippen LogP contribution in [0.2, 0.25) is 0 Å². The number of benzene rings is 1. The number of carbonyl (C=O) groups is 1. The molecular weight excluding hydrogens is 344 g/mol. The van der Waals surface area contributed by atoms with Crippen molar-refractivity contribution in [2.75, 3.05) is 18.4 Å². The van der Waals surface area contributed by atoms with E-state index in [0.29, 0.717) is 11.6 Å². The van der Waals surface area contributed by atoms with E-state index in [9.17, 15) is 4.79 Å². The number of thiazole rings is 1. The standard InChI is InChI=1S/C20H24N4OS/c25-19(9-8-15-12-21-18-7-3-2-6-17(15)18)23-20-22-16(14-26-20)13-24-10-4-1-5-11-24/h2-3,6-7,12,14,21H,1,4-5,8-11,13H2,(H,22,23,25). The third-order valence-electron chi connectivity index (χ3n) is 4.93. The van der Waals surface area contributed by atoms with Crippen molar-refractivity contribution >= 4 is 33.3 Å². The molecule has 0 aliphatic carbocycles.